The van der Waals surface area contributed by atoms with E-state index in [9.17, 15) is 9.59 Å². The summed E-state index contributed by atoms with van der Waals surface area (Å²) in [5, 5.41) is 14.2. The first-order valence-corrected chi connectivity index (χ1v) is 7.38. The highest BCUT2D eigenvalue weighted by Gasteiger charge is 2.50. The van der Waals surface area contributed by atoms with Gasteiger partial charge in [0.1, 0.15) is 0 Å². The highest BCUT2D eigenvalue weighted by Crippen LogP contribution is 2.40. The monoisotopic (exact) mass is 317 g/mol. The molecule has 0 N–H and O–H groups in total. The lowest BCUT2D eigenvalue weighted by atomic mass is 10.1. The normalized spacial score (nSPS) is 21.2. The van der Waals surface area contributed by atoms with Crippen LogP contribution in [0.4, 0.5) is 0 Å². The Balaban J connectivity index is 1.81. The van der Waals surface area contributed by atoms with Crippen molar-refractivity contribution in [1.29, 1.82) is 5.26 Å². The summed E-state index contributed by atoms with van der Waals surface area (Å²) >= 11 is 0. The number of ether oxygens (including phenoxy) is 1. The molecule has 2 aromatic rings. The zero-order valence-electron chi connectivity index (χ0n) is 12.4. The fourth-order valence-electron chi connectivity index (χ4n) is 3.04. The highest BCUT2D eigenvalue weighted by atomic mass is 16.5. The van der Waals surface area contributed by atoms with Gasteiger partial charge in [-0.2, -0.15) is 5.26 Å². The number of fused-ring (bicyclic) bond motifs is 3. The van der Waals surface area contributed by atoms with Gasteiger partial charge in [-0.3, -0.25) is 9.59 Å². The summed E-state index contributed by atoms with van der Waals surface area (Å²) in [5.41, 5.74) is 1.55. The van der Waals surface area contributed by atoms with Crippen molar-refractivity contribution in [2.75, 3.05) is 0 Å². The van der Waals surface area contributed by atoms with E-state index in [1.165, 1.54) is 0 Å². The maximum atomic E-state index is 12.8. The number of carbonyl (C=O) groups excluding carboxylic acids is 2. The third-order valence-corrected chi connectivity index (χ3v) is 4.11. The van der Waals surface area contributed by atoms with Gasteiger partial charge in [0.05, 0.1) is 0 Å². The van der Waals surface area contributed by atoms with Crippen LogP contribution in [-0.4, -0.2) is 28.6 Å². The summed E-state index contributed by atoms with van der Waals surface area (Å²) in [6.07, 6.45) is -0.714. The van der Waals surface area contributed by atoms with Crippen LogP contribution in [0, 0.1) is 11.3 Å². The number of hydrazone groups is 1. The fraction of sp³-hybridized carbons (Fsp3) is 0.111. The average Bonchev–Trinajstić information content (AvgIpc) is 2.94. The molecule has 0 fully saturated rings. The molecule has 0 saturated carbocycles. The molecule has 0 radical (unpaired) electrons. The van der Waals surface area contributed by atoms with Gasteiger partial charge < -0.3 is 4.74 Å². The van der Waals surface area contributed by atoms with Crippen molar-refractivity contribution in [2.24, 2.45) is 5.10 Å². The van der Waals surface area contributed by atoms with E-state index < -0.39 is 18.1 Å². The van der Waals surface area contributed by atoms with Crippen molar-refractivity contribution in [3.8, 4) is 6.07 Å². The van der Waals surface area contributed by atoms with Crippen molar-refractivity contribution in [2.45, 2.75) is 12.1 Å². The first kappa shape index (κ1) is 14.2. The van der Waals surface area contributed by atoms with Crippen LogP contribution >= 0.6 is 0 Å². The molecule has 1 heterocycles. The minimum absolute atomic E-state index is 0.231. The van der Waals surface area contributed by atoms with Gasteiger partial charge in [0.25, 0.3) is 5.91 Å². The van der Waals surface area contributed by atoms with Crippen molar-refractivity contribution >= 4 is 17.6 Å². The largest absolute Gasteiger partial charge is 0.458 e. The second-order valence-corrected chi connectivity index (χ2v) is 5.47. The zero-order chi connectivity index (χ0) is 16.7. The third-order valence-electron chi connectivity index (χ3n) is 4.11. The van der Waals surface area contributed by atoms with Gasteiger partial charge in [0, 0.05) is 16.7 Å². The Morgan fingerprint density at radius 1 is 1.12 bits per heavy atom. The maximum absolute atomic E-state index is 12.8. The Hall–Kier alpha value is -3.46. The van der Waals surface area contributed by atoms with Crippen molar-refractivity contribution in [1.82, 2.24) is 5.01 Å². The Morgan fingerprint density at radius 2 is 1.83 bits per heavy atom. The van der Waals surface area contributed by atoms with Crippen molar-refractivity contribution in [3.05, 3.63) is 71.3 Å². The summed E-state index contributed by atoms with van der Waals surface area (Å²) < 4.78 is 5.55. The predicted molar refractivity (Wildman–Crippen MR) is 84.0 cm³/mol. The van der Waals surface area contributed by atoms with E-state index in [2.05, 4.69) is 5.10 Å². The van der Waals surface area contributed by atoms with E-state index in [0.29, 0.717) is 16.7 Å². The molecule has 0 saturated heterocycles. The quantitative estimate of drug-likeness (QED) is 0.808. The van der Waals surface area contributed by atoms with Crippen molar-refractivity contribution < 1.29 is 14.3 Å². The maximum Gasteiger partial charge on any atom is 0.313 e. The molecule has 0 spiro atoms. The molecule has 2 aliphatic rings. The topological polar surface area (TPSA) is 82.8 Å². The molecular formula is C18H11N3O3. The number of benzene rings is 2. The first-order chi connectivity index (χ1) is 11.7. The van der Waals surface area contributed by atoms with E-state index in [1.54, 1.807) is 54.6 Å². The molecule has 24 heavy (non-hydrogen) atoms. The lowest BCUT2D eigenvalue weighted by Crippen LogP contribution is -2.47. The highest BCUT2D eigenvalue weighted by molar-refractivity contribution is 6.09. The molecule has 1 aliphatic heterocycles. The van der Waals surface area contributed by atoms with Gasteiger partial charge in [-0.25, -0.2) is 5.01 Å². The Bertz CT molecular complexity index is 915. The van der Waals surface area contributed by atoms with Crippen LogP contribution in [0.2, 0.25) is 0 Å². The molecule has 2 unspecified atom stereocenters. The van der Waals surface area contributed by atoms with Crippen LogP contribution in [0.1, 0.15) is 32.4 Å². The number of carbonyl (C=O) groups is 2. The number of amides is 1. The number of nitrogens with zero attached hydrogens (tertiary/aromatic N) is 3. The number of ketones is 1. The minimum atomic E-state index is -0.896. The number of hydrogen-bond donors (Lipinski definition) is 0. The molecular weight excluding hydrogens is 306 g/mol. The number of rotatable bonds is 1. The van der Waals surface area contributed by atoms with E-state index in [1.807, 2.05) is 6.07 Å². The van der Waals surface area contributed by atoms with Gasteiger partial charge in [-0.15, -0.1) is 5.10 Å². The molecule has 1 aliphatic carbocycles. The Kier molecular flexibility index (Phi) is 3.14. The van der Waals surface area contributed by atoms with Gasteiger partial charge >= 0.3 is 5.90 Å². The molecule has 1 amide bonds. The zero-order valence-corrected chi connectivity index (χ0v) is 12.4. The van der Waals surface area contributed by atoms with E-state index in [0.717, 1.165) is 5.01 Å². The summed E-state index contributed by atoms with van der Waals surface area (Å²) in [6, 6.07) is 16.5. The summed E-state index contributed by atoms with van der Waals surface area (Å²) in [4.78, 5) is 25.5. The molecule has 6 heteroatoms. The fourth-order valence-corrected chi connectivity index (χ4v) is 3.04. The van der Waals surface area contributed by atoms with Gasteiger partial charge in [-0.05, 0) is 12.1 Å². The van der Waals surface area contributed by atoms with Crippen LogP contribution in [0.5, 0.6) is 0 Å². The molecule has 6 nitrogen and oxygen atoms in total. The van der Waals surface area contributed by atoms with Crippen LogP contribution < -0.4 is 0 Å². The Morgan fingerprint density at radius 3 is 2.58 bits per heavy atom. The number of Topliss-reactive ketones (excluding diaryl/α,β-unsaturated/α-hetero) is 1. The SMILES string of the molecule is N#CC1=NN(C(=O)c2ccccc2)C2C(=O)c3ccccc3C2O1. The molecule has 116 valence electrons. The standard InChI is InChI=1S/C18H11N3O3/c19-10-14-20-21(18(23)11-6-2-1-3-7-11)15-16(22)12-8-4-5-9-13(12)17(15)24-14/h1-9,15,17H. The van der Waals surface area contributed by atoms with Gasteiger partial charge in [0.15, 0.2) is 24.0 Å². The van der Waals surface area contributed by atoms with Crippen LogP contribution in [0.25, 0.3) is 0 Å². The molecule has 2 aromatic carbocycles. The van der Waals surface area contributed by atoms with Crippen LogP contribution in [0.15, 0.2) is 59.7 Å². The summed E-state index contributed by atoms with van der Waals surface area (Å²) in [7, 11) is 0. The van der Waals surface area contributed by atoms with Gasteiger partial charge in [0.2, 0.25) is 0 Å². The van der Waals surface area contributed by atoms with Crippen LogP contribution in [-0.2, 0) is 4.74 Å². The predicted octanol–water partition coefficient (Wildman–Crippen LogP) is 2.30. The Labute approximate surface area is 137 Å². The number of hydrogen-bond acceptors (Lipinski definition) is 5. The van der Waals surface area contributed by atoms with Crippen molar-refractivity contribution in [3.63, 3.8) is 0 Å². The minimum Gasteiger partial charge on any atom is -0.458 e. The van der Waals surface area contributed by atoms with Gasteiger partial charge in [-0.1, -0.05) is 42.5 Å². The molecule has 4 rings (SSSR count). The lowest BCUT2D eigenvalue weighted by Gasteiger charge is -2.32. The smallest absolute Gasteiger partial charge is 0.313 e. The summed E-state index contributed by atoms with van der Waals surface area (Å²) in [6.45, 7) is 0. The molecule has 0 aromatic heterocycles. The number of nitriles is 1. The molecule has 0 bridgehead atoms. The third kappa shape index (κ3) is 1.99. The first-order valence-electron chi connectivity index (χ1n) is 7.38. The van der Waals surface area contributed by atoms with E-state index in [4.69, 9.17) is 10.00 Å². The van der Waals surface area contributed by atoms with E-state index >= 15 is 0 Å². The average molecular weight is 317 g/mol. The van der Waals surface area contributed by atoms with Crippen LogP contribution in [0.3, 0.4) is 0 Å². The second kappa shape index (κ2) is 5.32. The second-order valence-electron chi connectivity index (χ2n) is 5.47. The summed E-state index contributed by atoms with van der Waals surface area (Å²) in [5.74, 6) is -0.909. The molecule has 2 atom stereocenters. The lowest BCUT2D eigenvalue weighted by molar-refractivity contribution is 0.0291. The van der Waals surface area contributed by atoms with E-state index in [-0.39, 0.29) is 11.7 Å².